The first kappa shape index (κ1) is 24.6. The summed E-state index contributed by atoms with van der Waals surface area (Å²) in [5.41, 5.74) is 6.54. The smallest absolute Gasteiger partial charge is 0.270 e. The van der Waals surface area contributed by atoms with Crippen molar-refractivity contribution in [2.75, 3.05) is 6.61 Å². The van der Waals surface area contributed by atoms with Gasteiger partial charge in [0.25, 0.3) is 11.8 Å². The highest BCUT2D eigenvalue weighted by atomic mass is 19.1. The highest BCUT2D eigenvalue weighted by molar-refractivity contribution is 5.95. The van der Waals surface area contributed by atoms with Gasteiger partial charge in [-0.05, 0) is 81.9 Å². The zero-order chi connectivity index (χ0) is 26.7. The normalized spacial score (nSPS) is 24.5. The lowest BCUT2D eigenvalue weighted by Crippen LogP contribution is -2.58. The second kappa shape index (κ2) is 8.96. The number of nitrogens with one attached hydrogen (secondary N) is 1. The molecule has 1 spiro atoms. The lowest BCUT2D eigenvalue weighted by molar-refractivity contribution is -0.0848. The highest BCUT2D eigenvalue weighted by Gasteiger charge is 2.54. The molecule has 0 unspecified atom stereocenters. The fourth-order valence-corrected chi connectivity index (χ4v) is 5.85. The molecule has 0 saturated heterocycles. The summed E-state index contributed by atoms with van der Waals surface area (Å²) < 4.78 is 27.6. The highest BCUT2D eigenvalue weighted by Crippen LogP contribution is 2.57. The Hall–Kier alpha value is -3.69. The lowest BCUT2D eigenvalue weighted by Gasteiger charge is -2.57. The third-order valence-corrected chi connectivity index (χ3v) is 7.80. The average Bonchev–Trinajstić information content (AvgIpc) is 3.56. The number of nitrogens with zero attached hydrogens (tertiary/aromatic N) is 3. The molecule has 2 amide bonds. The Labute approximate surface area is 219 Å². The number of nitrogens with two attached hydrogens (primary N) is 1. The predicted octanol–water partition coefficient (Wildman–Crippen LogP) is 3.95. The van der Waals surface area contributed by atoms with Crippen molar-refractivity contribution in [3.8, 4) is 11.6 Å². The van der Waals surface area contributed by atoms with E-state index in [4.69, 9.17) is 15.2 Å². The van der Waals surface area contributed by atoms with E-state index >= 15 is 0 Å². The molecule has 0 atom stereocenters. The molecule has 0 aliphatic heterocycles. The minimum atomic E-state index is -1.44. The number of halogens is 1. The van der Waals surface area contributed by atoms with Crippen LogP contribution in [0.15, 0.2) is 36.8 Å². The number of carbonyl (C=O) groups is 2. The molecule has 3 aliphatic carbocycles. The van der Waals surface area contributed by atoms with E-state index in [1.54, 1.807) is 35.1 Å². The van der Waals surface area contributed by atoms with Crippen LogP contribution in [0, 0.1) is 5.41 Å². The lowest BCUT2D eigenvalue weighted by atomic mass is 9.53. The van der Waals surface area contributed by atoms with Crippen molar-refractivity contribution < 1.29 is 23.5 Å². The summed E-state index contributed by atoms with van der Waals surface area (Å²) in [7, 11) is 0. The quantitative estimate of drug-likeness (QED) is 0.440. The van der Waals surface area contributed by atoms with E-state index in [9.17, 15) is 14.0 Å². The number of fused-ring (bicyclic) bond motifs is 1. The van der Waals surface area contributed by atoms with Crippen LogP contribution in [-0.2, 0) is 0 Å². The molecular weight excluding hydrogens is 489 g/mol. The van der Waals surface area contributed by atoms with E-state index in [1.807, 2.05) is 6.07 Å². The molecule has 9 nitrogen and oxygen atoms in total. The molecule has 10 heteroatoms. The van der Waals surface area contributed by atoms with Crippen molar-refractivity contribution in [1.82, 2.24) is 19.7 Å². The van der Waals surface area contributed by atoms with Gasteiger partial charge >= 0.3 is 0 Å². The Morgan fingerprint density at radius 3 is 2.66 bits per heavy atom. The van der Waals surface area contributed by atoms with Crippen molar-refractivity contribution >= 4 is 17.5 Å². The summed E-state index contributed by atoms with van der Waals surface area (Å²) in [6.45, 7) is 2.93. The maximum atomic E-state index is 14.0. The van der Waals surface area contributed by atoms with Crippen LogP contribution in [0.2, 0.25) is 0 Å². The molecule has 0 aromatic carbocycles. The second-order valence-corrected chi connectivity index (χ2v) is 11.7. The zero-order valence-corrected chi connectivity index (χ0v) is 21.6. The van der Waals surface area contributed by atoms with Crippen LogP contribution in [-0.4, -0.2) is 50.6 Å². The first-order valence-electron chi connectivity index (χ1n) is 13.1. The van der Waals surface area contributed by atoms with Crippen LogP contribution >= 0.6 is 0 Å². The van der Waals surface area contributed by atoms with Gasteiger partial charge in [0.1, 0.15) is 41.0 Å². The van der Waals surface area contributed by atoms with Gasteiger partial charge in [-0.2, -0.15) is 0 Å². The molecule has 3 aromatic rings. The molecule has 3 heterocycles. The molecule has 200 valence electrons. The third-order valence-electron chi connectivity index (χ3n) is 7.80. The molecule has 3 saturated carbocycles. The number of hydrogen-bond donors (Lipinski definition) is 2. The summed E-state index contributed by atoms with van der Waals surface area (Å²) >= 11 is 0. The largest absolute Gasteiger partial charge is 0.490 e. The van der Waals surface area contributed by atoms with Crippen molar-refractivity contribution in [2.45, 2.75) is 76.1 Å². The van der Waals surface area contributed by atoms with Gasteiger partial charge in [-0.1, -0.05) is 0 Å². The van der Waals surface area contributed by atoms with E-state index in [1.165, 1.54) is 13.8 Å². The van der Waals surface area contributed by atoms with Crippen LogP contribution in [0.1, 0.15) is 84.7 Å². The molecule has 3 aliphatic rings. The molecular formula is C28H32FN5O4. The molecule has 3 aromatic heterocycles. The van der Waals surface area contributed by atoms with Gasteiger partial charge in [0, 0.05) is 24.0 Å². The number of pyridine rings is 2. The second-order valence-electron chi connectivity index (χ2n) is 11.7. The number of primary amides is 1. The summed E-state index contributed by atoms with van der Waals surface area (Å²) in [5.74, 6) is 0.519. The average molecular weight is 522 g/mol. The SMILES string of the molecule is CC(C)(F)COc1ccn2c(C(=O)N[C@H]3CC4(C3)C[C@H](Oc3ncccc3C(N)=O)C4)cnc2c1C1CC1. The van der Waals surface area contributed by atoms with Crippen molar-refractivity contribution in [1.29, 1.82) is 0 Å². The molecule has 3 N–H and O–H groups in total. The molecule has 3 fully saturated rings. The standard InChI is InChI=1S/C28H32FN5O4/c1-27(2,29)15-37-21-7-9-34-20(14-32-24(34)22(21)16-5-6-16)25(36)33-17-10-28(11-17)12-18(13-28)38-26-19(23(30)35)4-3-8-31-26/h3-4,7-9,14,16-18H,5-6,10-13,15H2,1-2H3,(H2,30,35)(H,33,36)/t17-,18-,28?. The summed E-state index contributed by atoms with van der Waals surface area (Å²) in [4.78, 5) is 33.5. The molecule has 6 rings (SSSR count). The fourth-order valence-electron chi connectivity index (χ4n) is 5.85. The summed E-state index contributed by atoms with van der Waals surface area (Å²) in [6, 6.07) is 5.16. The zero-order valence-electron chi connectivity index (χ0n) is 21.6. The van der Waals surface area contributed by atoms with E-state index < -0.39 is 11.6 Å². The molecule has 38 heavy (non-hydrogen) atoms. The Morgan fingerprint density at radius 1 is 1.21 bits per heavy atom. The van der Waals surface area contributed by atoms with E-state index in [0.29, 0.717) is 23.0 Å². The Morgan fingerprint density at radius 2 is 1.97 bits per heavy atom. The minimum absolute atomic E-state index is 0.0151. The van der Waals surface area contributed by atoms with Crippen molar-refractivity contribution in [2.24, 2.45) is 11.1 Å². The number of imidazole rings is 1. The molecule has 0 bridgehead atoms. The van der Waals surface area contributed by atoms with Crippen LogP contribution < -0.4 is 20.5 Å². The number of amides is 2. The van der Waals surface area contributed by atoms with E-state index in [-0.39, 0.29) is 41.5 Å². The first-order valence-corrected chi connectivity index (χ1v) is 13.1. The Bertz CT molecular complexity index is 1400. The van der Waals surface area contributed by atoms with Crippen LogP contribution in [0.4, 0.5) is 4.39 Å². The third kappa shape index (κ3) is 4.68. The van der Waals surface area contributed by atoms with Gasteiger partial charge in [0.2, 0.25) is 5.88 Å². The maximum Gasteiger partial charge on any atom is 0.270 e. The van der Waals surface area contributed by atoms with Gasteiger partial charge in [0.05, 0.1) is 6.20 Å². The van der Waals surface area contributed by atoms with Crippen molar-refractivity contribution in [3.63, 3.8) is 0 Å². The van der Waals surface area contributed by atoms with Gasteiger partial charge in [-0.15, -0.1) is 0 Å². The maximum absolute atomic E-state index is 14.0. The number of aromatic nitrogens is 3. The number of carbonyl (C=O) groups excluding carboxylic acids is 2. The van der Waals surface area contributed by atoms with E-state index in [0.717, 1.165) is 44.1 Å². The fraction of sp³-hybridized carbons (Fsp3) is 0.500. The minimum Gasteiger partial charge on any atom is -0.490 e. The Balaban J connectivity index is 1.07. The predicted molar refractivity (Wildman–Crippen MR) is 137 cm³/mol. The van der Waals surface area contributed by atoms with Crippen LogP contribution in [0.3, 0.4) is 0 Å². The van der Waals surface area contributed by atoms with Gasteiger partial charge in [0.15, 0.2) is 0 Å². The van der Waals surface area contributed by atoms with Gasteiger partial charge < -0.3 is 20.5 Å². The van der Waals surface area contributed by atoms with Crippen molar-refractivity contribution in [3.05, 3.63) is 53.6 Å². The molecule has 0 radical (unpaired) electrons. The summed E-state index contributed by atoms with van der Waals surface area (Å²) in [5, 5.41) is 3.15. The van der Waals surface area contributed by atoms with Gasteiger partial charge in [-0.25, -0.2) is 14.4 Å². The first-order chi connectivity index (χ1) is 18.1. The summed E-state index contributed by atoms with van der Waals surface area (Å²) in [6.07, 6.45) is 10.5. The number of ether oxygens (including phenoxy) is 2. The number of alkyl halides is 1. The van der Waals surface area contributed by atoms with Gasteiger partial charge in [-0.3, -0.25) is 14.0 Å². The number of rotatable bonds is 9. The van der Waals surface area contributed by atoms with Crippen LogP contribution in [0.25, 0.3) is 5.65 Å². The van der Waals surface area contributed by atoms with E-state index in [2.05, 4.69) is 15.3 Å². The Kier molecular flexibility index (Phi) is 5.81. The monoisotopic (exact) mass is 521 g/mol. The van der Waals surface area contributed by atoms with Crippen LogP contribution in [0.5, 0.6) is 11.6 Å². The number of hydrogen-bond acceptors (Lipinski definition) is 6. The topological polar surface area (TPSA) is 121 Å².